The number of nitrogens with one attached hydrogen (secondary N) is 1. The molecule has 1 aromatic rings. The molecule has 23 heavy (non-hydrogen) atoms. The summed E-state index contributed by atoms with van der Waals surface area (Å²) < 4.78 is 49.5. The lowest BCUT2D eigenvalue weighted by atomic mass is 9.98. The maximum atomic E-state index is 14.1. The van der Waals surface area contributed by atoms with Crippen LogP contribution in [0.5, 0.6) is 5.75 Å². The van der Waals surface area contributed by atoms with Crippen LogP contribution in [0.15, 0.2) is 6.07 Å². The summed E-state index contributed by atoms with van der Waals surface area (Å²) in [5.41, 5.74) is 0.231. The van der Waals surface area contributed by atoms with E-state index in [1.165, 1.54) is 0 Å². The largest absolute Gasteiger partial charge is 0.598 e. The summed E-state index contributed by atoms with van der Waals surface area (Å²) in [6.07, 6.45) is 0.330. The minimum atomic E-state index is -1.32. The Balaban J connectivity index is 2.38. The summed E-state index contributed by atoms with van der Waals surface area (Å²) >= 11 is 0.858. The second kappa shape index (κ2) is 6.65. The molecule has 0 radical (unpaired) electrons. The normalized spacial score (nSPS) is 23.3. The lowest BCUT2D eigenvalue weighted by Gasteiger charge is -2.27. The minimum absolute atomic E-state index is 0.273. The Morgan fingerprint density at radius 2 is 2.09 bits per heavy atom. The van der Waals surface area contributed by atoms with Crippen LogP contribution in [-0.2, 0) is 17.8 Å². The highest BCUT2D eigenvalue weighted by molar-refractivity contribution is 14.1. The molecule has 1 aromatic carbocycles. The average Bonchev–Trinajstić information content (AvgIpc) is 2.80. The van der Waals surface area contributed by atoms with Crippen LogP contribution in [0.2, 0.25) is 0 Å². The number of alkyl halides is 1. The molecule has 1 heterocycles. The molecule has 130 valence electrons. The van der Waals surface area contributed by atoms with Crippen LogP contribution in [0.1, 0.15) is 51.8 Å². The first-order chi connectivity index (χ1) is 10.5. The molecule has 1 aliphatic heterocycles. The number of benzene rings is 1. The Bertz CT molecular complexity index is 609. The van der Waals surface area contributed by atoms with Gasteiger partial charge >= 0.3 is 0 Å². The first-order valence-corrected chi connectivity index (χ1v) is 10.1. The third-order valence-corrected chi connectivity index (χ3v) is 7.08. The van der Waals surface area contributed by atoms with Crippen LogP contribution in [0, 0.1) is 11.6 Å². The lowest BCUT2D eigenvalue weighted by Crippen LogP contribution is -2.40. The van der Waals surface area contributed by atoms with Crippen LogP contribution >= 0.6 is 22.6 Å². The second-order valence-corrected chi connectivity index (χ2v) is 9.91. The van der Waals surface area contributed by atoms with E-state index in [4.69, 9.17) is 4.74 Å². The summed E-state index contributed by atoms with van der Waals surface area (Å²) in [6.45, 7) is 9.21. The van der Waals surface area contributed by atoms with Gasteiger partial charge in [0, 0.05) is 33.3 Å². The quantitative estimate of drug-likeness (QED) is 0.419. The molecule has 2 rings (SSSR count). The fourth-order valence-corrected chi connectivity index (χ4v) is 3.64. The molecule has 0 aliphatic carbocycles. The van der Waals surface area contributed by atoms with Gasteiger partial charge in [-0.2, -0.15) is 0 Å². The highest BCUT2D eigenvalue weighted by atomic mass is 127. The van der Waals surface area contributed by atoms with Crippen LogP contribution < -0.4 is 9.46 Å². The van der Waals surface area contributed by atoms with Crippen LogP contribution in [0.4, 0.5) is 8.78 Å². The van der Waals surface area contributed by atoms with Gasteiger partial charge in [-0.05, 0) is 40.7 Å². The van der Waals surface area contributed by atoms with Crippen LogP contribution in [-0.4, -0.2) is 19.3 Å². The zero-order valence-corrected chi connectivity index (χ0v) is 16.9. The van der Waals surface area contributed by atoms with Crippen molar-refractivity contribution in [3.63, 3.8) is 0 Å². The van der Waals surface area contributed by atoms with Crippen molar-refractivity contribution in [2.75, 3.05) is 4.43 Å². The average molecular weight is 457 g/mol. The van der Waals surface area contributed by atoms with Crippen molar-refractivity contribution in [3.05, 3.63) is 28.8 Å². The standard InChI is InChI=1S/C16H22F2INO2S/c1-9(20-23(21)15(2,3)4)10-6-12(17)13(18)11-7-16(5,8-19)22-14(10)11/h6,9,20H,7-8H2,1-5H3/t9-,16?,23-/m1/s1. The molecule has 0 saturated carbocycles. The minimum Gasteiger partial charge on any atom is -0.598 e. The molecule has 1 N–H and O–H groups in total. The number of halogens is 3. The molecular weight excluding hydrogens is 435 g/mol. The molecule has 1 unspecified atom stereocenters. The Hall–Kier alpha value is -0.120. The zero-order chi connectivity index (χ0) is 17.6. The molecule has 3 atom stereocenters. The van der Waals surface area contributed by atoms with Crippen molar-refractivity contribution < 1.29 is 18.1 Å². The Morgan fingerprint density at radius 3 is 2.61 bits per heavy atom. The third kappa shape index (κ3) is 3.93. The fraction of sp³-hybridized carbons (Fsp3) is 0.625. The van der Waals surface area contributed by atoms with E-state index in [9.17, 15) is 13.3 Å². The van der Waals surface area contributed by atoms with E-state index in [1.807, 2.05) is 27.7 Å². The van der Waals surface area contributed by atoms with E-state index in [0.29, 0.717) is 22.2 Å². The highest BCUT2D eigenvalue weighted by Gasteiger charge is 2.40. The van der Waals surface area contributed by atoms with Crippen molar-refractivity contribution in [3.8, 4) is 5.75 Å². The zero-order valence-electron chi connectivity index (χ0n) is 13.9. The molecule has 0 fully saturated rings. The summed E-state index contributed by atoms with van der Waals surface area (Å²) in [7, 11) is 0. The van der Waals surface area contributed by atoms with E-state index < -0.39 is 39.4 Å². The Kier molecular flexibility index (Phi) is 5.55. The molecule has 0 bridgehead atoms. The molecule has 3 nitrogen and oxygen atoms in total. The molecule has 0 amide bonds. The van der Waals surface area contributed by atoms with Crippen LogP contribution in [0.25, 0.3) is 0 Å². The monoisotopic (exact) mass is 457 g/mol. The molecule has 0 saturated heterocycles. The summed E-state index contributed by atoms with van der Waals surface area (Å²) in [6, 6.07) is 0.723. The van der Waals surface area contributed by atoms with Gasteiger partial charge < -0.3 is 9.29 Å². The highest BCUT2D eigenvalue weighted by Crippen LogP contribution is 2.43. The first kappa shape index (κ1) is 19.2. The molecule has 0 spiro atoms. The lowest BCUT2D eigenvalue weighted by molar-refractivity contribution is 0.145. The van der Waals surface area contributed by atoms with Gasteiger partial charge in [0.2, 0.25) is 0 Å². The van der Waals surface area contributed by atoms with Crippen molar-refractivity contribution >= 4 is 34.0 Å². The van der Waals surface area contributed by atoms with Gasteiger partial charge in [-0.15, -0.1) is 4.72 Å². The number of fused-ring (bicyclic) bond motifs is 1. The summed E-state index contributed by atoms with van der Waals surface area (Å²) in [4.78, 5) is 0. The van der Waals surface area contributed by atoms with E-state index in [-0.39, 0.29) is 5.56 Å². The predicted octanol–water partition coefficient (Wildman–Crippen LogP) is 4.21. The Morgan fingerprint density at radius 1 is 1.48 bits per heavy atom. The van der Waals surface area contributed by atoms with Gasteiger partial charge in [-0.25, -0.2) is 8.78 Å². The van der Waals surface area contributed by atoms with Gasteiger partial charge in [0.05, 0.1) is 6.04 Å². The van der Waals surface area contributed by atoms with Gasteiger partial charge in [0.25, 0.3) is 0 Å². The summed E-state index contributed by atoms with van der Waals surface area (Å²) in [5.74, 6) is -1.36. The van der Waals surface area contributed by atoms with E-state index in [2.05, 4.69) is 27.3 Å². The van der Waals surface area contributed by atoms with Crippen molar-refractivity contribution in [2.45, 2.75) is 57.4 Å². The first-order valence-electron chi connectivity index (χ1n) is 7.42. The van der Waals surface area contributed by atoms with Gasteiger partial charge in [-0.1, -0.05) is 22.6 Å². The van der Waals surface area contributed by atoms with Gasteiger partial charge in [0.15, 0.2) is 11.6 Å². The van der Waals surface area contributed by atoms with Gasteiger partial charge in [-0.3, -0.25) is 0 Å². The smallest absolute Gasteiger partial charge is 0.165 e. The van der Waals surface area contributed by atoms with E-state index >= 15 is 0 Å². The molecule has 1 aliphatic rings. The molecule has 0 aromatic heterocycles. The van der Waals surface area contributed by atoms with Crippen molar-refractivity contribution in [1.82, 2.24) is 4.72 Å². The Labute approximate surface area is 153 Å². The van der Waals surface area contributed by atoms with E-state index in [0.717, 1.165) is 6.07 Å². The second-order valence-electron chi connectivity index (χ2n) is 7.15. The molecule has 7 heteroatoms. The number of rotatable bonds is 4. The van der Waals surface area contributed by atoms with Gasteiger partial charge in [0.1, 0.15) is 16.1 Å². The SMILES string of the molecule is C[C@@H](N[S@+]([O-])C(C)(C)C)c1cc(F)c(F)c2c1OC(C)(CI)C2. The maximum Gasteiger partial charge on any atom is 0.165 e. The number of ether oxygens (including phenoxy) is 1. The van der Waals surface area contributed by atoms with E-state index in [1.54, 1.807) is 6.92 Å². The third-order valence-electron chi connectivity index (χ3n) is 3.78. The summed E-state index contributed by atoms with van der Waals surface area (Å²) in [5, 5.41) is 0. The fourth-order valence-electron chi connectivity index (χ4n) is 2.42. The maximum absolute atomic E-state index is 14.1. The number of hydrogen-bond acceptors (Lipinski definition) is 3. The van der Waals surface area contributed by atoms with Crippen LogP contribution in [0.3, 0.4) is 0 Å². The predicted molar refractivity (Wildman–Crippen MR) is 97.4 cm³/mol. The van der Waals surface area contributed by atoms with Crippen molar-refractivity contribution in [2.24, 2.45) is 0 Å². The molecular formula is C16H22F2INO2S. The van der Waals surface area contributed by atoms with Crippen molar-refractivity contribution in [1.29, 1.82) is 0 Å². The number of hydrogen-bond donors (Lipinski definition) is 1. The topological polar surface area (TPSA) is 44.3 Å².